The molecule has 0 aliphatic rings. The molecule has 0 atom stereocenters. The Kier molecular flexibility index (Phi) is 8.12. The SMILES string of the molecule is O=C(O)/C=C/c1ccc(-c2nc(-c3ccc(/C=C/c4ccccc4)cc3)[nH]c2-c2ccc(/C=C/C(=O)O)cc2)cc1. The van der Waals surface area contributed by atoms with Crippen LogP contribution >= 0.6 is 0 Å². The number of hydrogen-bond donors (Lipinski definition) is 3. The quantitative estimate of drug-likeness (QED) is 0.131. The lowest BCUT2D eigenvalue weighted by atomic mass is 10.0. The molecular formula is C35H26N2O4. The van der Waals surface area contributed by atoms with Gasteiger partial charge in [0, 0.05) is 28.8 Å². The summed E-state index contributed by atoms with van der Waals surface area (Å²) >= 11 is 0. The highest BCUT2D eigenvalue weighted by Gasteiger charge is 2.15. The number of aliphatic carboxylic acids is 2. The molecule has 1 heterocycles. The lowest BCUT2D eigenvalue weighted by molar-refractivity contribution is -0.132. The van der Waals surface area contributed by atoms with Gasteiger partial charge in [0.25, 0.3) is 0 Å². The van der Waals surface area contributed by atoms with Crippen molar-refractivity contribution in [3.05, 3.63) is 138 Å². The van der Waals surface area contributed by atoms with Gasteiger partial charge in [-0.2, -0.15) is 0 Å². The fourth-order valence-electron chi connectivity index (χ4n) is 4.28. The number of nitrogens with one attached hydrogen (secondary N) is 1. The van der Waals surface area contributed by atoms with Crippen molar-refractivity contribution < 1.29 is 19.8 Å². The maximum absolute atomic E-state index is 10.9. The van der Waals surface area contributed by atoms with Gasteiger partial charge in [0.15, 0.2) is 0 Å². The molecular weight excluding hydrogens is 512 g/mol. The highest BCUT2D eigenvalue weighted by Crippen LogP contribution is 2.33. The zero-order valence-electron chi connectivity index (χ0n) is 21.9. The van der Waals surface area contributed by atoms with E-state index >= 15 is 0 Å². The molecule has 41 heavy (non-hydrogen) atoms. The second kappa shape index (κ2) is 12.4. The van der Waals surface area contributed by atoms with E-state index in [1.54, 1.807) is 12.2 Å². The summed E-state index contributed by atoms with van der Waals surface area (Å²) in [6.07, 6.45) is 9.43. The van der Waals surface area contributed by atoms with Crippen LogP contribution in [0.4, 0.5) is 0 Å². The molecule has 0 saturated heterocycles. The van der Waals surface area contributed by atoms with E-state index in [9.17, 15) is 9.59 Å². The van der Waals surface area contributed by atoms with Gasteiger partial charge < -0.3 is 15.2 Å². The normalized spacial score (nSPS) is 11.5. The lowest BCUT2D eigenvalue weighted by Gasteiger charge is -2.05. The first-order chi connectivity index (χ1) is 19.9. The number of H-pyrrole nitrogens is 1. The molecule has 0 amide bonds. The largest absolute Gasteiger partial charge is 0.478 e. The van der Waals surface area contributed by atoms with Crippen LogP contribution in [0.25, 0.3) is 58.2 Å². The van der Waals surface area contributed by atoms with Crippen molar-refractivity contribution in [1.29, 1.82) is 0 Å². The van der Waals surface area contributed by atoms with E-state index in [-0.39, 0.29) is 0 Å². The Morgan fingerprint density at radius 1 is 0.537 bits per heavy atom. The third-order valence-electron chi connectivity index (χ3n) is 6.38. The second-order valence-electron chi connectivity index (χ2n) is 9.26. The topological polar surface area (TPSA) is 103 Å². The van der Waals surface area contributed by atoms with Crippen LogP contribution in [0.5, 0.6) is 0 Å². The van der Waals surface area contributed by atoms with Gasteiger partial charge in [-0.05, 0) is 34.4 Å². The molecule has 0 aliphatic carbocycles. The number of aromatic nitrogens is 2. The van der Waals surface area contributed by atoms with Crippen LogP contribution in [-0.4, -0.2) is 32.1 Å². The molecule has 0 fully saturated rings. The summed E-state index contributed by atoms with van der Waals surface area (Å²) < 4.78 is 0. The summed E-state index contributed by atoms with van der Waals surface area (Å²) in [6.45, 7) is 0. The molecule has 4 aromatic carbocycles. The van der Waals surface area contributed by atoms with E-state index in [2.05, 4.69) is 29.3 Å². The second-order valence-corrected chi connectivity index (χ2v) is 9.26. The number of hydrogen-bond acceptors (Lipinski definition) is 3. The molecule has 0 bridgehead atoms. The van der Waals surface area contributed by atoms with Crippen molar-refractivity contribution in [2.24, 2.45) is 0 Å². The van der Waals surface area contributed by atoms with E-state index < -0.39 is 11.9 Å². The van der Waals surface area contributed by atoms with Crippen molar-refractivity contribution in [3.63, 3.8) is 0 Å². The highest BCUT2D eigenvalue weighted by molar-refractivity contribution is 5.87. The number of carboxylic acids is 2. The van der Waals surface area contributed by atoms with Gasteiger partial charge in [-0.3, -0.25) is 0 Å². The fourth-order valence-corrected chi connectivity index (χ4v) is 4.28. The summed E-state index contributed by atoms with van der Waals surface area (Å²) in [5.41, 5.74) is 7.98. The Morgan fingerprint density at radius 3 is 1.49 bits per heavy atom. The van der Waals surface area contributed by atoms with Gasteiger partial charge in [0.05, 0.1) is 11.4 Å². The molecule has 6 heteroatoms. The average molecular weight is 539 g/mol. The molecule has 3 N–H and O–H groups in total. The van der Waals surface area contributed by atoms with E-state index in [0.717, 1.165) is 62.5 Å². The van der Waals surface area contributed by atoms with Crippen molar-refractivity contribution in [3.8, 4) is 33.9 Å². The number of imidazole rings is 1. The van der Waals surface area contributed by atoms with Crippen LogP contribution < -0.4 is 0 Å². The molecule has 0 radical (unpaired) electrons. The Morgan fingerprint density at radius 2 is 0.976 bits per heavy atom. The van der Waals surface area contributed by atoms with Gasteiger partial charge in [0.2, 0.25) is 0 Å². The minimum absolute atomic E-state index is 0.707. The highest BCUT2D eigenvalue weighted by atomic mass is 16.4. The Labute approximate surface area is 237 Å². The predicted molar refractivity (Wildman–Crippen MR) is 164 cm³/mol. The number of carbonyl (C=O) groups is 2. The summed E-state index contributed by atoms with van der Waals surface area (Å²) in [4.78, 5) is 30.2. The van der Waals surface area contributed by atoms with Crippen LogP contribution in [0.2, 0.25) is 0 Å². The van der Waals surface area contributed by atoms with Gasteiger partial charge >= 0.3 is 11.9 Å². The number of rotatable bonds is 9. The Bertz CT molecular complexity index is 1660. The summed E-state index contributed by atoms with van der Waals surface area (Å²) in [6, 6.07) is 33.3. The molecule has 0 unspecified atom stereocenters. The maximum Gasteiger partial charge on any atom is 0.328 e. The van der Waals surface area contributed by atoms with Gasteiger partial charge in [-0.1, -0.05) is 115 Å². The molecule has 0 spiro atoms. The molecule has 0 saturated carbocycles. The summed E-state index contributed by atoms with van der Waals surface area (Å²) in [7, 11) is 0. The zero-order valence-corrected chi connectivity index (χ0v) is 21.9. The van der Waals surface area contributed by atoms with E-state index in [0.29, 0.717) is 5.82 Å². The number of carboxylic acid groups (broad SMARTS) is 2. The van der Waals surface area contributed by atoms with Gasteiger partial charge in [0.1, 0.15) is 5.82 Å². The molecule has 200 valence electrons. The molecule has 1 aromatic heterocycles. The van der Waals surface area contributed by atoms with E-state index in [1.807, 2.05) is 91.0 Å². The minimum Gasteiger partial charge on any atom is -0.478 e. The van der Waals surface area contributed by atoms with Gasteiger partial charge in [-0.15, -0.1) is 0 Å². The van der Waals surface area contributed by atoms with Crippen molar-refractivity contribution in [2.75, 3.05) is 0 Å². The smallest absolute Gasteiger partial charge is 0.328 e. The van der Waals surface area contributed by atoms with Gasteiger partial charge in [-0.25, -0.2) is 14.6 Å². The number of aromatic amines is 1. The monoisotopic (exact) mass is 538 g/mol. The van der Waals surface area contributed by atoms with E-state index in [4.69, 9.17) is 15.2 Å². The molecule has 5 rings (SSSR count). The van der Waals surface area contributed by atoms with Crippen LogP contribution in [0.1, 0.15) is 22.3 Å². The third-order valence-corrected chi connectivity index (χ3v) is 6.38. The number of nitrogens with zero attached hydrogens (tertiary/aromatic N) is 1. The Balaban J connectivity index is 1.49. The molecule has 0 aliphatic heterocycles. The predicted octanol–water partition coefficient (Wildman–Crippen LogP) is 7.78. The van der Waals surface area contributed by atoms with Crippen molar-refractivity contribution in [2.45, 2.75) is 0 Å². The van der Waals surface area contributed by atoms with Crippen LogP contribution in [0.15, 0.2) is 115 Å². The third kappa shape index (κ3) is 7.02. The van der Waals surface area contributed by atoms with Crippen LogP contribution in [0.3, 0.4) is 0 Å². The number of benzene rings is 4. The zero-order chi connectivity index (χ0) is 28.6. The summed E-state index contributed by atoms with van der Waals surface area (Å²) in [5.74, 6) is -1.30. The lowest BCUT2D eigenvalue weighted by Crippen LogP contribution is -1.87. The molecule has 6 nitrogen and oxygen atoms in total. The summed E-state index contributed by atoms with van der Waals surface area (Å²) in [5, 5.41) is 17.8. The van der Waals surface area contributed by atoms with Crippen molar-refractivity contribution in [1.82, 2.24) is 9.97 Å². The first kappa shape index (κ1) is 26.8. The maximum atomic E-state index is 10.9. The van der Waals surface area contributed by atoms with Crippen LogP contribution in [-0.2, 0) is 9.59 Å². The van der Waals surface area contributed by atoms with E-state index in [1.165, 1.54) is 0 Å². The van der Waals surface area contributed by atoms with Crippen LogP contribution in [0, 0.1) is 0 Å². The molecule has 5 aromatic rings. The average Bonchev–Trinajstić information content (AvgIpc) is 3.45. The Hall–Kier alpha value is -5.75. The first-order valence-electron chi connectivity index (χ1n) is 12.9. The first-order valence-corrected chi connectivity index (χ1v) is 12.9. The standard InChI is InChI=1S/C35H26N2O4/c38-31(39)22-14-26-8-16-28(17-9-26)33-34(29-18-10-27(11-19-29)15-23-32(40)41)37-35(36-33)30-20-12-25(13-21-30)7-6-24-4-2-1-3-5-24/h1-23H,(H,36,37)(H,38,39)(H,40,41)/b7-6+,22-14+,23-15+. The minimum atomic E-state index is -1.00. The fraction of sp³-hybridized carbons (Fsp3) is 0. The van der Waals surface area contributed by atoms with Crippen molar-refractivity contribution >= 4 is 36.2 Å².